The monoisotopic (exact) mass is 319 g/mol. The van der Waals surface area contributed by atoms with Crippen molar-refractivity contribution in [2.45, 2.75) is 6.92 Å². The lowest BCUT2D eigenvalue weighted by atomic mass is 10.1. The van der Waals surface area contributed by atoms with Gasteiger partial charge in [-0.3, -0.25) is 0 Å². The van der Waals surface area contributed by atoms with Gasteiger partial charge in [-0.25, -0.2) is 9.37 Å². The van der Waals surface area contributed by atoms with Gasteiger partial charge in [-0.2, -0.15) is 0 Å². The Morgan fingerprint density at radius 2 is 2.00 bits per heavy atom. The van der Waals surface area contributed by atoms with E-state index in [0.717, 1.165) is 15.6 Å². The standard InChI is InChI=1S/C14H11BrFN3/c1-7-2-8(4-10(16)3-7)14-18-12-6-9(15)5-11(17)13(12)19-14/h2-6H,17H2,1H3,(H,18,19). The molecule has 0 aliphatic rings. The Kier molecular flexibility index (Phi) is 2.78. The molecule has 0 unspecified atom stereocenters. The van der Waals surface area contributed by atoms with Gasteiger partial charge in [0.2, 0.25) is 0 Å². The summed E-state index contributed by atoms with van der Waals surface area (Å²) in [6.07, 6.45) is 0. The third kappa shape index (κ3) is 2.21. The number of aromatic amines is 1. The van der Waals surface area contributed by atoms with Gasteiger partial charge in [-0.1, -0.05) is 15.9 Å². The van der Waals surface area contributed by atoms with Crippen molar-refractivity contribution >= 4 is 32.7 Å². The normalized spacial score (nSPS) is 11.1. The predicted molar refractivity (Wildman–Crippen MR) is 78.3 cm³/mol. The second-order valence-electron chi connectivity index (χ2n) is 4.49. The van der Waals surface area contributed by atoms with Crippen LogP contribution in [0, 0.1) is 12.7 Å². The molecule has 19 heavy (non-hydrogen) atoms. The van der Waals surface area contributed by atoms with Crippen LogP contribution in [0.3, 0.4) is 0 Å². The van der Waals surface area contributed by atoms with E-state index in [2.05, 4.69) is 25.9 Å². The van der Waals surface area contributed by atoms with E-state index in [1.54, 1.807) is 6.07 Å². The van der Waals surface area contributed by atoms with Gasteiger partial charge in [0, 0.05) is 10.0 Å². The summed E-state index contributed by atoms with van der Waals surface area (Å²) in [5.41, 5.74) is 9.59. The molecule has 0 saturated heterocycles. The lowest BCUT2D eigenvalue weighted by Crippen LogP contribution is -1.86. The number of fused-ring (bicyclic) bond motifs is 1. The van der Waals surface area contributed by atoms with E-state index in [1.165, 1.54) is 12.1 Å². The van der Waals surface area contributed by atoms with Crippen molar-refractivity contribution in [3.63, 3.8) is 0 Å². The molecule has 0 bridgehead atoms. The van der Waals surface area contributed by atoms with Gasteiger partial charge >= 0.3 is 0 Å². The summed E-state index contributed by atoms with van der Waals surface area (Å²) in [5, 5.41) is 0. The molecule has 3 N–H and O–H groups in total. The number of H-pyrrole nitrogens is 1. The number of benzene rings is 2. The molecular weight excluding hydrogens is 309 g/mol. The van der Waals surface area contributed by atoms with Crippen molar-refractivity contribution in [3.8, 4) is 11.4 Å². The molecule has 3 rings (SSSR count). The highest BCUT2D eigenvalue weighted by molar-refractivity contribution is 9.10. The zero-order valence-corrected chi connectivity index (χ0v) is 11.8. The second kappa shape index (κ2) is 4.35. The molecule has 2 aromatic carbocycles. The predicted octanol–water partition coefficient (Wildman–Crippen LogP) is 4.02. The van der Waals surface area contributed by atoms with Gasteiger partial charge < -0.3 is 10.7 Å². The number of nitrogen functional groups attached to an aromatic ring is 1. The first-order valence-electron chi connectivity index (χ1n) is 5.75. The van der Waals surface area contributed by atoms with Crippen molar-refractivity contribution in [2.24, 2.45) is 0 Å². The fourth-order valence-corrected chi connectivity index (χ4v) is 2.59. The summed E-state index contributed by atoms with van der Waals surface area (Å²) >= 11 is 3.38. The maximum Gasteiger partial charge on any atom is 0.138 e. The van der Waals surface area contributed by atoms with Gasteiger partial charge in [-0.05, 0) is 42.8 Å². The Hall–Kier alpha value is -1.88. The third-order valence-electron chi connectivity index (χ3n) is 2.90. The first kappa shape index (κ1) is 12.2. The summed E-state index contributed by atoms with van der Waals surface area (Å²) < 4.78 is 14.3. The molecular formula is C14H11BrFN3. The molecule has 5 heteroatoms. The highest BCUT2D eigenvalue weighted by Crippen LogP contribution is 2.28. The second-order valence-corrected chi connectivity index (χ2v) is 5.41. The van der Waals surface area contributed by atoms with E-state index in [1.807, 2.05) is 19.1 Å². The third-order valence-corrected chi connectivity index (χ3v) is 3.35. The maximum atomic E-state index is 13.4. The highest BCUT2D eigenvalue weighted by atomic mass is 79.9. The Bertz CT molecular complexity index is 759. The van der Waals surface area contributed by atoms with Gasteiger partial charge in [0.05, 0.1) is 11.2 Å². The molecule has 0 radical (unpaired) electrons. The van der Waals surface area contributed by atoms with Gasteiger partial charge in [-0.15, -0.1) is 0 Å². The molecule has 1 aromatic heterocycles. The molecule has 96 valence electrons. The molecule has 0 fully saturated rings. The number of imidazole rings is 1. The zero-order chi connectivity index (χ0) is 13.6. The van der Waals surface area contributed by atoms with E-state index in [9.17, 15) is 4.39 Å². The fraction of sp³-hybridized carbons (Fsp3) is 0.0714. The van der Waals surface area contributed by atoms with Crippen molar-refractivity contribution in [1.29, 1.82) is 0 Å². The van der Waals surface area contributed by atoms with Crippen LogP contribution in [0.5, 0.6) is 0 Å². The summed E-state index contributed by atoms with van der Waals surface area (Å²) in [6, 6.07) is 8.51. The van der Waals surface area contributed by atoms with Crippen LogP contribution in [-0.2, 0) is 0 Å². The topological polar surface area (TPSA) is 54.7 Å². The van der Waals surface area contributed by atoms with Crippen molar-refractivity contribution < 1.29 is 4.39 Å². The zero-order valence-electron chi connectivity index (χ0n) is 10.2. The molecule has 0 aliphatic carbocycles. The number of hydrogen-bond acceptors (Lipinski definition) is 2. The molecule has 0 saturated carbocycles. The molecule has 3 nitrogen and oxygen atoms in total. The first-order valence-corrected chi connectivity index (χ1v) is 6.54. The number of anilines is 1. The Labute approximate surface area is 117 Å². The number of aromatic nitrogens is 2. The largest absolute Gasteiger partial charge is 0.397 e. The van der Waals surface area contributed by atoms with Gasteiger partial charge in [0.25, 0.3) is 0 Å². The quantitative estimate of drug-likeness (QED) is 0.665. The first-order chi connectivity index (χ1) is 9.02. The lowest BCUT2D eigenvalue weighted by Gasteiger charge is -1.99. The Balaban J connectivity index is 2.23. The van der Waals surface area contributed by atoms with E-state index < -0.39 is 0 Å². The number of halogens is 2. The summed E-state index contributed by atoms with van der Waals surface area (Å²) in [6.45, 7) is 1.85. The molecule has 0 atom stereocenters. The average Bonchev–Trinajstić information content (AvgIpc) is 2.71. The van der Waals surface area contributed by atoms with Crippen LogP contribution in [0.2, 0.25) is 0 Å². The van der Waals surface area contributed by atoms with E-state index in [4.69, 9.17) is 5.73 Å². The number of aryl methyl sites for hydroxylation is 1. The van der Waals surface area contributed by atoms with Crippen LogP contribution in [-0.4, -0.2) is 9.97 Å². The summed E-state index contributed by atoms with van der Waals surface area (Å²) in [4.78, 5) is 7.60. The van der Waals surface area contributed by atoms with Crippen LogP contribution in [0.15, 0.2) is 34.8 Å². The fourth-order valence-electron chi connectivity index (χ4n) is 2.12. The Morgan fingerprint density at radius 3 is 2.74 bits per heavy atom. The van der Waals surface area contributed by atoms with Crippen LogP contribution in [0.25, 0.3) is 22.4 Å². The molecule has 0 spiro atoms. The minimum Gasteiger partial charge on any atom is -0.397 e. The average molecular weight is 320 g/mol. The van der Waals surface area contributed by atoms with E-state index in [0.29, 0.717) is 22.6 Å². The number of nitrogens with one attached hydrogen (secondary N) is 1. The van der Waals surface area contributed by atoms with Crippen molar-refractivity contribution in [1.82, 2.24) is 9.97 Å². The summed E-state index contributed by atoms with van der Waals surface area (Å²) in [5.74, 6) is 0.340. The molecule has 3 aromatic rings. The lowest BCUT2D eigenvalue weighted by molar-refractivity contribution is 0.627. The number of nitrogens with zero attached hydrogens (tertiary/aromatic N) is 1. The summed E-state index contributed by atoms with van der Waals surface area (Å²) in [7, 11) is 0. The SMILES string of the molecule is Cc1cc(F)cc(-c2nc3c(N)cc(Br)cc3[nH]2)c1. The van der Waals surface area contributed by atoms with E-state index >= 15 is 0 Å². The van der Waals surface area contributed by atoms with Crippen LogP contribution in [0.1, 0.15) is 5.56 Å². The van der Waals surface area contributed by atoms with Gasteiger partial charge in [0.15, 0.2) is 0 Å². The minimum atomic E-state index is -0.274. The maximum absolute atomic E-state index is 13.4. The highest BCUT2D eigenvalue weighted by Gasteiger charge is 2.10. The van der Waals surface area contributed by atoms with Crippen LogP contribution in [0.4, 0.5) is 10.1 Å². The van der Waals surface area contributed by atoms with Crippen LogP contribution >= 0.6 is 15.9 Å². The Morgan fingerprint density at radius 1 is 1.21 bits per heavy atom. The number of rotatable bonds is 1. The van der Waals surface area contributed by atoms with Gasteiger partial charge in [0.1, 0.15) is 17.2 Å². The van der Waals surface area contributed by atoms with Crippen LogP contribution < -0.4 is 5.73 Å². The molecule has 1 heterocycles. The number of hydrogen-bond donors (Lipinski definition) is 2. The minimum absolute atomic E-state index is 0.274. The van der Waals surface area contributed by atoms with Crippen molar-refractivity contribution in [2.75, 3.05) is 5.73 Å². The smallest absolute Gasteiger partial charge is 0.138 e. The molecule has 0 amide bonds. The van der Waals surface area contributed by atoms with Crippen molar-refractivity contribution in [3.05, 3.63) is 46.2 Å². The number of nitrogens with two attached hydrogens (primary N) is 1. The van der Waals surface area contributed by atoms with E-state index in [-0.39, 0.29) is 5.82 Å². The molecule has 0 aliphatic heterocycles.